The third-order valence-corrected chi connectivity index (χ3v) is 5.77. The van der Waals surface area contributed by atoms with Crippen molar-refractivity contribution in [3.8, 4) is 11.3 Å². The second kappa shape index (κ2) is 9.25. The lowest BCUT2D eigenvalue weighted by Crippen LogP contribution is -2.35. The standard InChI is InChI=1S/C28H27N3O2/c1-18-12-14-21(15-13-18)25-16-23(22-10-5-6-11-24(22)29-25)28(33)31(4)17-26(32)30-27-19(2)8-7-9-20(27)3/h5-16H,17H2,1-4H3,(H,30,32). The van der Waals surface area contributed by atoms with Crippen molar-refractivity contribution in [2.24, 2.45) is 0 Å². The molecule has 1 N–H and O–H groups in total. The molecule has 3 aromatic carbocycles. The van der Waals surface area contributed by atoms with Crippen LogP contribution in [0.15, 0.2) is 72.8 Å². The van der Waals surface area contributed by atoms with Crippen molar-refractivity contribution in [1.29, 1.82) is 0 Å². The largest absolute Gasteiger partial charge is 0.332 e. The fourth-order valence-electron chi connectivity index (χ4n) is 3.91. The molecule has 1 heterocycles. The Kier molecular flexibility index (Phi) is 6.22. The van der Waals surface area contributed by atoms with Gasteiger partial charge < -0.3 is 10.2 Å². The maximum Gasteiger partial charge on any atom is 0.254 e. The number of anilines is 1. The molecule has 0 saturated carbocycles. The average Bonchev–Trinajstić information content (AvgIpc) is 2.80. The number of likely N-dealkylation sites (N-methyl/N-ethyl adjacent to an activating group) is 1. The normalized spacial score (nSPS) is 10.8. The van der Waals surface area contributed by atoms with E-state index in [0.717, 1.165) is 44.5 Å². The number of hydrogen-bond acceptors (Lipinski definition) is 3. The van der Waals surface area contributed by atoms with Crippen molar-refractivity contribution in [2.45, 2.75) is 20.8 Å². The fraction of sp³-hybridized carbons (Fsp3) is 0.179. The summed E-state index contributed by atoms with van der Waals surface area (Å²) < 4.78 is 0. The van der Waals surface area contributed by atoms with Crippen LogP contribution in [0.1, 0.15) is 27.0 Å². The summed E-state index contributed by atoms with van der Waals surface area (Å²) in [5, 5.41) is 3.71. The quantitative estimate of drug-likeness (QED) is 0.446. The van der Waals surface area contributed by atoms with Gasteiger partial charge in [-0.15, -0.1) is 0 Å². The second-order valence-electron chi connectivity index (χ2n) is 8.41. The van der Waals surface area contributed by atoms with E-state index in [-0.39, 0.29) is 18.4 Å². The Balaban J connectivity index is 1.62. The number of hydrogen-bond donors (Lipinski definition) is 1. The highest BCUT2D eigenvalue weighted by Gasteiger charge is 2.20. The van der Waals surface area contributed by atoms with Gasteiger partial charge in [0.2, 0.25) is 5.91 Å². The third-order valence-electron chi connectivity index (χ3n) is 5.77. The number of carbonyl (C=O) groups is 2. The van der Waals surface area contributed by atoms with Crippen LogP contribution in [0.2, 0.25) is 0 Å². The fourth-order valence-corrected chi connectivity index (χ4v) is 3.91. The number of nitrogens with zero attached hydrogens (tertiary/aromatic N) is 2. The lowest BCUT2D eigenvalue weighted by Gasteiger charge is -2.19. The van der Waals surface area contributed by atoms with Crippen molar-refractivity contribution < 1.29 is 9.59 Å². The van der Waals surface area contributed by atoms with E-state index in [1.807, 2.05) is 93.6 Å². The van der Waals surface area contributed by atoms with E-state index in [2.05, 4.69) is 5.32 Å². The molecule has 5 heteroatoms. The molecule has 4 aromatic rings. The molecule has 0 aliphatic rings. The van der Waals surface area contributed by atoms with E-state index >= 15 is 0 Å². The summed E-state index contributed by atoms with van der Waals surface area (Å²) in [6.07, 6.45) is 0. The van der Waals surface area contributed by atoms with Crippen molar-refractivity contribution in [3.63, 3.8) is 0 Å². The molecule has 0 spiro atoms. The Morgan fingerprint density at radius 1 is 0.879 bits per heavy atom. The van der Waals surface area contributed by atoms with E-state index in [1.165, 1.54) is 4.90 Å². The summed E-state index contributed by atoms with van der Waals surface area (Å²) in [5.74, 6) is -0.459. The van der Waals surface area contributed by atoms with Crippen molar-refractivity contribution in [2.75, 3.05) is 18.9 Å². The number of nitrogens with one attached hydrogen (secondary N) is 1. The van der Waals surface area contributed by atoms with Crippen LogP contribution < -0.4 is 5.32 Å². The molecule has 0 atom stereocenters. The highest BCUT2D eigenvalue weighted by molar-refractivity contribution is 6.08. The van der Waals surface area contributed by atoms with E-state index in [4.69, 9.17) is 4.98 Å². The van der Waals surface area contributed by atoms with Crippen LogP contribution in [-0.4, -0.2) is 35.3 Å². The van der Waals surface area contributed by atoms with E-state index in [0.29, 0.717) is 5.56 Å². The predicted molar refractivity (Wildman–Crippen MR) is 133 cm³/mol. The Labute approximate surface area is 194 Å². The minimum absolute atomic E-state index is 0.0525. The molecule has 0 aliphatic heterocycles. The smallest absolute Gasteiger partial charge is 0.254 e. The number of para-hydroxylation sites is 2. The summed E-state index contributed by atoms with van der Waals surface area (Å²) in [7, 11) is 1.65. The Bertz CT molecular complexity index is 1320. The number of benzene rings is 3. The highest BCUT2D eigenvalue weighted by Crippen LogP contribution is 2.26. The van der Waals surface area contributed by atoms with Crippen LogP contribution in [-0.2, 0) is 4.79 Å². The van der Waals surface area contributed by atoms with Gasteiger partial charge in [-0.3, -0.25) is 9.59 Å². The number of fused-ring (bicyclic) bond motifs is 1. The molecule has 0 saturated heterocycles. The first-order valence-electron chi connectivity index (χ1n) is 10.9. The molecule has 0 radical (unpaired) electrons. The van der Waals surface area contributed by atoms with Gasteiger partial charge in [-0.1, -0.05) is 66.2 Å². The minimum atomic E-state index is -0.236. The van der Waals surface area contributed by atoms with E-state index < -0.39 is 0 Å². The Morgan fingerprint density at radius 3 is 2.24 bits per heavy atom. The van der Waals surface area contributed by atoms with Gasteiger partial charge in [0.1, 0.15) is 0 Å². The lowest BCUT2D eigenvalue weighted by atomic mass is 10.0. The zero-order chi connectivity index (χ0) is 23.5. The number of amides is 2. The first-order valence-corrected chi connectivity index (χ1v) is 10.9. The van der Waals surface area contributed by atoms with Gasteiger partial charge in [0.25, 0.3) is 5.91 Å². The van der Waals surface area contributed by atoms with Gasteiger partial charge in [0, 0.05) is 23.7 Å². The van der Waals surface area contributed by atoms with Gasteiger partial charge in [0.15, 0.2) is 0 Å². The molecule has 33 heavy (non-hydrogen) atoms. The SMILES string of the molecule is Cc1ccc(-c2cc(C(=O)N(C)CC(=O)Nc3c(C)cccc3C)c3ccccc3n2)cc1. The zero-order valence-electron chi connectivity index (χ0n) is 19.3. The summed E-state index contributed by atoms with van der Waals surface area (Å²) >= 11 is 0. The lowest BCUT2D eigenvalue weighted by molar-refractivity contribution is -0.116. The first kappa shape index (κ1) is 22.2. The summed E-state index contributed by atoms with van der Waals surface area (Å²) in [4.78, 5) is 32.4. The molecule has 0 bridgehead atoms. The Hall–Kier alpha value is -3.99. The maximum absolute atomic E-state index is 13.4. The highest BCUT2D eigenvalue weighted by atomic mass is 16.2. The van der Waals surface area contributed by atoms with Gasteiger partial charge >= 0.3 is 0 Å². The van der Waals surface area contributed by atoms with Crippen LogP contribution in [0.4, 0.5) is 5.69 Å². The van der Waals surface area contributed by atoms with Gasteiger partial charge in [0.05, 0.1) is 23.3 Å². The predicted octanol–water partition coefficient (Wildman–Crippen LogP) is 5.54. The average molecular weight is 438 g/mol. The Morgan fingerprint density at radius 2 is 1.55 bits per heavy atom. The topological polar surface area (TPSA) is 62.3 Å². The van der Waals surface area contributed by atoms with Crippen LogP contribution in [0.5, 0.6) is 0 Å². The van der Waals surface area contributed by atoms with E-state index in [1.54, 1.807) is 7.05 Å². The molecule has 0 fully saturated rings. The first-order chi connectivity index (χ1) is 15.8. The number of carbonyl (C=O) groups excluding carboxylic acids is 2. The second-order valence-corrected chi connectivity index (χ2v) is 8.41. The summed E-state index contributed by atoms with van der Waals surface area (Å²) in [6, 6.07) is 23.3. The number of pyridine rings is 1. The van der Waals surface area contributed by atoms with Crippen LogP contribution in [0.25, 0.3) is 22.2 Å². The zero-order valence-corrected chi connectivity index (χ0v) is 19.3. The van der Waals surface area contributed by atoms with Crippen LogP contribution in [0, 0.1) is 20.8 Å². The van der Waals surface area contributed by atoms with Gasteiger partial charge in [-0.25, -0.2) is 4.98 Å². The molecule has 0 aliphatic carbocycles. The maximum atomic E-state index is 13.4. The van der Waals surface area contributed by atoms with Crippen LogP contribution >= 0.6 is 0 Å². The summed E-state index contributed by atoms with van der Waals surface area (Å²) in [6.45, 7) is 5.88. The van der Waals surface area contributed by atoms with Gasteiger partial charge in [-0.2, -0.15) is 0 Å². The number of rotatable bonds is 5. The molecule has 4 rings (SSSR count). The molecule has 1 aromatic heterocycles. The van der Waals surface area contributed by atoms with Crippen molar-refractivity contribution in [3.05, 3.63) is 95.1 Å². The minimum Gasteiger partial charge on any atom is -0.332 e. The molecular formula is C28H27N3O2. The monoisotopic (exact) mass is 437 g/mol. The summed E-state index contributed by atoms with van der Waals surface area (Å²) in [5.41, 5.74) is 6.86. The van der Waals surface area contributed by atoms with Crippen LogP contribution in [0.3, 0.4) is 0 Å². The molecular weight excluding hydrogens is 410 g/mol. The third kappa shape index (κ3) is 4.77. The number of aromatic nitrogens is 1. The molecule has 5 nitrogen and oxygen atoms in total. The molecule has 0 unspecified atom stereocenters. The molecule has 166 valence electrons. The van der Waals surface area contributed by atoms with E-state index in [9.17, 15) is 9.59 Å². The van der Waals surface area contributed by atoms with Crippen molar-refractivity contribution >= 4 is 28.4 Å². The number of aryl methyl sites for hydroxylation is 3. The molecule has 2 amide bonds. The van der Waals surface area contributed by atoms with Crippen molar-refractivity contribution in [1.82, 2.24) is 9.88 Å². The van der Waals surface area contributed by atoms with Gasteiger partial charge in [-0.05, 0) is 44.0 Å².